The summed E-state index contributed by atoms with van der Waals surface area (Å²) >= 11 is 0. The third-order valence-corrected chi connectivity index (χ3v) is 4.96. The van der Waals surface area contributed by atoms with E-state index in [4.69, 9.17) is 4.74 Å². The second kappa shape index (κ2) is 7.68. The molecule has 6 nitrogen and oxygen atoms in total. The topological polar surface area (TPSA) is 75.7 Å². The van der Waals surface area contributed by atoms with E-state index in [0.717, 1.165) is 25.7 Å². The van der Waals surface area contributed by atoms with Gasteiger partial charge in [-0.15, -0.1) is 0 Å². The fourth-order valence-electron chi connectivity index (χ4n) is 3.55. The van der Waals surface area contributed by atoms with Gasteiger partial charge in [0.2, 0.25) is 5.91 Å². The number of hydrogen-bond acceptors (Lipinski definition) is 4. The molecule has 25 heavy (non-hydrogen) atoms. The summed E-state index contributed by atoms with van der Waals surface area (Å²) in [6.45, 7) is 1.96. The summed E-state index contributed by atoms with van der Waals surface area (Å²) in [6.07, 6.45) is 3.60. The van der Waals surface area contributed by atoms with Gasteiger partial charge in [-0.25, -0.2) is 0 Å². The number of hydrogen-bond donors (Lipinski definition) is 1. The fourth-order valence-corrected chi connectivity index (χ4v) is 3.55. The fraction of sp³-hybridized carbons (Fsp3) is 0.526. The molecule has 1 saturated carbocycles. The molecule has 1 aromatic carbocycles. The number of amides is 2. The van der Waals surface area contributed by atoms with Crippen LogP contribution < -0.4 is 5.32 Å². The monoisotopic (exact) mass is 344 g/mol. The van der Waals surface area contributed by atoms with E-state index >= 15 is 0 Å². The van der Waals surface area contributed by atoms with Crippen LogP contribution in [0.5, 0.6) is 0 Å². The summed E-state index contributed by atoms with van der Waals surface area (Å²) in [5.41, 5.74) is 0.652. The number of rotatable bonds is 5. The van der Waals surface area contributed by atoms with Crippen molar-refractivity contribution >= 4 is 23.5 Å². The number of nitrogens with zero attached hydrogens (tertiary/aromatic N) is 1. The maximum absolute atomic E-state index is 12.3. The van der Waals surface area contributed by atoms with Crippen LogP contribution in [0.15, 0.2) is 30.3 Å². The van der Waals surface area contributed by atoms with Crippen molar-refractivity contribution in [3.63, 3.8) is 0 Å². The highest BCUT2D eigenvalue weighted by Gasteiger charge is 2.40. The lowest BCUT2D eigenvalue weighted by Gasteiger charge is -2.24. The van der Waals surface area contributed by atoms with Crippen LogP contribution in [-0.4, -0.2) is 41.4 Å². The molecule has 1 N–H and O–H groups in total. The van der Waals surface area contributed by atoms with Crippen molar-refractivity contribution in [3.05, 3.63) is 30.3 Å². The first kappa shape index (κ1) is 17.5. The molecule has 2 aliphatic rings. The SMILES string of the molecule is C[C@H](OC(=O)[C@@H]1CC(=O)N(C2CCCC2)C1)C(=O)Nc1ccccc1. The van der Waals surface area contributed by atoms with Gasteiger partial charge in [0.25, 0.3) is 5.91 Å². The Morgan fingerprint density at radius 2 is 1.88 bits per heavy atom. The third-order valence-electron chi connectivity index (χ3n) is 4.96. The van der Waals surface area contributed by atoms with E-state index in [2.05, 4.69) is 5.32 Å². The van der Waals surface area contributed by atoms with Gasteiger partial charge < -0.3 is 15.0 Å². The molecule has 2 atom stereocenters. The predicted octanol–water partition coefficient (Wildman–Crippen LogP) is 2.35. The number of benzene rings is 1. The molecule has 1 aliphatic heterocycles. The lowest BCUT2D eigenvalue weighted by atomic mass is 10.1. The van der Waals surface area contributed by atoms with E-state index in [1.165, 1.54) is 0 Å². The zero-order valence-electron chi connectivity index (χ0n) is 14.4. The Bertz CT molecular complexity index is 640. The second-order valence-corrected chi connectivity index (χ2v) is 6.82. The predicted molar refractivity (Wildman–Crippen MR) is 92.7 cm³/mol. The highest BCUT2D eigenvalue weighted by molar-refractivity contribution is 5.95. The molecule has 0 radical (unpaired) electrons. The van der Waals surface area contributed by atoms with Crippen LogP contribution in [0.2, 0.25) is 0 Å². The number of anilines is 1. The highest BCUT2D eigenvalue weighted by atomic mass is 16.5. The lowest BCUT2D eigenvalue weighted by molar-refractivity contribution is -0.157. The van der Waals surface area contributed by atoms with Crippen LogP contribution in [0.3, 0.4) is 0 Å². The first-order valence-corrected chi connectivity index (χ1v) is 8.90. The van der Waals surface area contributed by atoms with Gasteiger partial charge in [0.05, 0.1) is 5.92 Å². The van der Waals surface area contributed by atoms with Gasteiger partial charge in [-0.1, -0.05) is 31.0 Å². The van der Waals surface area contributed by atoms with Crippen molar-refractivity contribution in [2.45, 2.75) is 51.2 Å². The van der Waals surface area contributed by atoms with Crippen molar-refractivity contribution in [2.75, 3.05) is 11.9 Å². The lowest BCUT2D eigenvalue weighted by Crippen LogP contribution is -2.36. The molecule has 6 heteroatoms. The quantitative estimate of drug-likeness (QED) is 0.832. The first-order valence-electron chi connectivity index (χ1n) is 8.90. The van der Waals surface area contributed by atoms with E-state index in [1.54, 1.807) is 19.1 Å². The number of para-hydroxylation sites is 1. The minimum Gasteiger partial charge on any atom is -0.452 e. The maximum Gasteiger partial charge on any atom is 0.312 e. The molecule has 2 fully saturated rings. The van der Waals surface area contributed by atoms with Crippen molar-refractivity contribution in [1.82, 2.24) is 4.90 Å². The van der Waals surface area contributed by atoms with Gasteiger partial charge in [0, 0.05) is 24.7 Å². The highest BCUT2D eigenvalue weighted by Crippen LogP contribution is 2.30. The Morgan fingerprint density at radius 1 is 1.20 bits per heavy atom. The number of esters is 1. The molecule has 0 aromatic heterocycles. The van der Waals surface area contributed by atoms with Gasteiger partial charge in [-0.2, -0.15) is 0 Å². The van der Waals surface area contributed by atoms with Gasteiger partial charge in [-0.05, 0) is 31.9 Å². The molecule has 1 aliphatic carbocycles. The van der Waals surface area contributed by atoms with Crippen molar-refractivity contribution in [3.8, 4) is 0 Å². The van der Waals surface area contributed by atoms with E-state index in [1.807, 2.05) is 23.1 Å². The summed E-state index contributed by atoms with van der Waals surface area (Å²) in [6, 6.07) is 9.28. The number of carbonyl (C=O) groups excluding carboxylic acids is 3. The van der Waals surface area contributed by atoms with Gasteiger partial charge in [0.15, 0.2) is 6.10 Å². The van der Waals surface area contributed by atoms with Gasteiger partial charge >= 0.3 is 5.97 Å². The number of likely N-dealkylation sites (tertiary alicyclic amines) is 1. The van der Waals surface area contributed by atoms with Crippen LogP contribution in [0, 0.1) is 5.92 Å². The number of nitrogens with one attached hydrogen (secondary N) is 1. The van der Waals surface area contributed by atoms with Gasteiger partial charge in [0.1, 0.15) is 0 Å². The molecular formula is C19H24N2O4. The summed E-state index contributed by atoms with van der Waals surface area (Å²) < 4.78 is 5.30. The van der Waals surface area contributed by atoms with Crippen LogP contribution in [0.1, 0.15) is 39.0 Å². The Morgan fingerprint density at radius 3 is 2.56 bits per heavy atom. The maximum atomic E-state index is 12.3. The average Bonchev–Trinajstić information content (AvgIpc) is 3.25. The van der Waals surface area contributed by atoms with Crippen LogP contribution in [0.25, 0.3) is 0 Å². The van der Waals surface area contributed by atoms with Crippen LogP contribution in [0.4, 0.5) is 5.69 Å². The minimum atomic E-state index is -0.900. The Labute approximate surface area is 147 Å². The molecule has 1 aromatic rings. The Balaban J connectivity index is 1.51. The van der Waals surface area contributed by atoms with Crippen LogP contribution >= 0.6 is 0 Å². The van der Waals surface area contributed by atoms with E-state index in [-0.39, 0.29) is 24.3 Å². The molecule has 0 bridgehead atoms. The largest absolute Gasteiger partial charge is 0.452 e. The Hall–Kier alpha value is -2.37. The molecule has 3 rings (SSSR count). The average molecular weight is 344 g/mol. The normalized spacial score (nSPS) is 22.0. The van der Waals surface area contributed by atoms with Crippen molar-refractivity contribution in [2.24, 2.45) is 5.92 Å². The molecule has 134 valence electrons. The molecule has 0 unspecified atom stereocenters. The zero-order chi connectivity index (χ0) is 17.8. The van der Waals surface area contributed by atoms with E-state index in [0.29, 0.717) is 12.2 Å². The van der Waals surface area contributed by atoms with E-state index in [9.17, 15) is 14.4 Å². The summed E-state index contributed by atoms with van der Waals surface area (Å²) in [4.78, 5) is 38.5. The van der Waals surface area contributed by atoms with Crippen molar-refractivity contribution < 1.29 is 19.1 Å². The summed E-state index contributed by atoms with van der Waals surface area (Å²) in [7, 11) is 0. The first-order chi connectivity index (χ1) is 12.0. The summed E-state index contributed by atoms with van der Waals surface area (Å²) in [5.74, 6) is -1.30. The molecule has 0 spiro atoms. The molecule has 2 amide bonds. The number of ether oxygens (including phenoxy) is 1. The number of carbonyl (C=O) groups is 3. The zero-order valence-corrected chi connectivity index (χ0v) is 14.4. The molecule has 1 heterocycles. The molecule has 1 saturated heterocycles. The van der Waals surface area contributed by atoms with E-state index < -0.39 is 18.0 Å². The Kier molecular flexibility index (Phi) is 5.36. The van der Waals surface area contributed by atoms with Crippen LogP contribution in [-0.2, 0) is 19.1 Å². The minimum absolute atomic E-state index is 0.0234. The van der Waals surface area contributed by atoms with Gasteiger partial charge in [-0.3, -0.25) is 14.4 Å². The standard InChI is InChI=1S/C19H24N2O4/c1-13(18(23)20-15-7-3-2-4-8-15)25-19(24)14-11-17(22)21(12-14)16-9-5-6-10-16/h2-4,7-8,13-14,16H,5-6,9-12H2,1H3,(H,20,23)/t13-,14+/m0/s1. The summed E-state index contributed by atoms with van der Waals surface area (Å²) in [5, 5.41) is 2.71. The smallest absolute Gasteiger partial charge is 0.312 e. The third kappa shape index (κ3) is 4.18. The van der Waals surface area contributed by atoms with Crippen molar-refractivity contribution in [1.29, 1.82) is 0 Å². The second-order valence-electron chi connectivity index (χ2n) is 6.82. The molecular weight excluding hydrogens is 320 g/mol.